The van der Waals surface area contributed by atoms with Gasteiger partial charge in [0.15, 0.2) is 17.3 Å². The van der Waals surface area contributed by atoms with Crippen molar-refractivity contribution < 1.29 is 15.3 Å². The molecule has 0 amide bonds. The van der Waals surface area contributed by atoms with Gasteiger partial charge in [-0.1, -0.05) is 0 Å². The molecule has 2 N–H and O–H groups in total. The van der Waals surface area contributed by atoms with Crippen LogP contribution in [-0.4, -0.2) is 12.9 Å². The Bertz CT molecular complexity index is 412. The summed E-state index contributed by atoms with van der Waals surface area (Å²) in [4.78, 5) is 11.2. The highest BCUT2D eigenvalue weighted by Crippen LogP contribution is 2.32. The number of hydrogen-bond acceptors (Lipinski definition) is 3. The number of halogens is 2. The van der Waals surface area contributed by atoms with Gasteiger partial charge in [-0.05, 0) is 35.6 Å². The number of hydrogen-bond donors (Lipinski definition) is 1. The summed E-state index contributed by atoms with van der Waals surface area (Å²) >= 11 is 1.88. The van der Waals surface area contributed by atoms with Crippen molar-refractivity contribution in [3.05, 3.63) is 21.0 Å². The Morgan fingerprint density at radius 3 is 2.93 bits per heavy atom. The second-order valence-corrected chi connectivity index (χ2v) is 3.75. The Morgan fingerprint density at radius 2 is 2.43 bits per heavy atom. The molecular formula is C9H9FINO2. The summed E-state index contributed by atoms with van der Waals surface area (Å²) in [6.45, 7) is -0.500. The molecule has 0 aliphatic rings. The molecule has 14 heavy (non-hydrogen) atoms. The number of methoxy groups -OCH3 is 1. The third-order valence-corrected chi connectivity index (χ3v) is 2.61. The number of anilines is 1. The molecule has 5 heteroatoms. The zero-order chi connectivity index (χ0) is 11.6. The second kappa shape index (κ2) is 4.12. The van der Waals surface area contributed by atoms with Crippen molar-refractivity contribution in [1.29, 1.82) is 0 Å². The lowest BCUT2D eigenvalue weighted by Gasteiger charge is -2.10. The van der Waals surface area contributed by atoms with Crippen LogP contribution < -0.4 is 10.5 Å². The van der Waals surface area contributed by atoms with E-state index in [1.807, 2.05) is 22.6 Å². The normalized spacial score (nSPS) is 10.9. The molecule has 0 saturated carbocycles. The predicted molar refractivity (Wildman–Crippen MR) is 60.1 cm³/mol. The van der Waals surface area contributed by atoms with Gasteiger partial charge in [-0.25, -0.2) is 4.39 Å². The van der Waals surface area contributed by atoms with Crippen molar-refractivity contribution in [2.24, 2.45) is 0 Å². The van der Waals surface area contributed by atoms with Gasteiger partial charge in [0.2, 0.25) is 0 Å². The summed E-state index contributed by atoms with van der Waals surface area (Å²) < 4.78 is 25.8. The van der Waals surface area contributed by atoms with E-state index in [0.29, 0.717) is 3.57 Å². The van der Waals surface area contributed by atoms with Gasteiger partial charge in [0.05, 0.1) is 18.4 Å². The lowest BCUT2D eigenvalue weighted by molar-refractivity contribution is 0.101. The summed E-state index contributed by atoms with van der Waals surface area (Å²) in [7, 11) is 1.28. The number of Topliss-reactive ketones (excluding diaryl/α,β-unsaturated/α-hetero) is 1. The van der Waals surface area contributed by atoms with E-state index in [1.54, 1.807) is 0 Å². The molecule has 0 saturated heterocycles. The lowest BCUT2D eigenvalue weighted by Crippen LogP contribution is -2.05. The third-order valence-electron chi connectivity index (χ3n) is 1.71. The first-order chi connectivity index (χ1) is 7.02. The molecule has 0 aliphatic carbocycles. The minimum Gasteiger partial charge on any atom is -0.492 e. The van der Waals surface area contributed by atoms with E-state index in [-0.39, 0.29) is 17.0 Å². The average molecular weight is 310 g/mol. The molecule has 0 aliphatic heterocycles. The van der Waals surface area contributed by atoms with Crippen LogP contribution in [0.3, 0.4) is 0 Å². The van der Waals surface area contributed by atoms with Crippen molar-refractivity contribution in [1.82, 2.24) is 0 Å². The van der Waals surface area contributed by atoms with Crippen LogP contribution in [0.2, 0.25) is 0 Å². The fourth-order valence-electron chi connectivity index (χ4n) is 1.02. The van der Waals surface area contributed by atoms with Crippen LogP contribution in [0.1, 0.15) is 18.6 Å². The first-order valence-electron chi connectivity index (χ1n) is 4.37. The fraction of sp³-hybridized carbons (Fsp3) is 0.222. The number of rotatable bonds is 2. The monoisotopic (exact) mass is 310 g/mol. The zero-order valence-corrected chi connectivity index (χ0v) is 9.59. The number of nitrogens with two attached hydrogens (primary N) is 1. The van der Waals surface area contributed by atoms with Crippen molar-refractivity contribution in [2.75, 3.05) is 12.8 Å². The molecule has 0 bridgehead atoms. The minimum atomic E-state index is -0.798. The number of carbonyl (C=O) groups excluding carboxylic acids is 1. The van der Waals surface area contributed by atoms with Gasteiger partial charge in [0.1, 0.15) is 0 Å². The number of benzene rings is 1. The first-order valence-corrected chi connectivity index (χ1v) is 4.74. The molecule has 1 rings (SSSR count). The van der Waals surface area contributed by atoms with Gasteiger partial charge < -0.3 is 10.5 Å². The van der Waals surface area contributed by atoms with Crippen molar-refractivity contribution >= 4 is 34.1 Å². The average Bonchev–Trinajstić information content (AvgIpc) is 2.23. The Morgan fingerprint density at radius 1 is 1.79 bits per heavy atom. The molecule has 3 nitrogen and oxygen atoms in total. The van der Waals surface area contributed by atoms with E-state index in [2.05, 4.69) is 0 Å². The van der Waals surface area contributed by atoms with Crippen LogP contribution in [0, 0.1) is 9.39 Å². The molecule has 0 radical (unpaired) electrons. The van der Waals surface area contributed by atoms with Gasteiger partial charge in [0.25, 0.3) is 0 Å². The maximum atomic E-state index is 13.6. The Hall–Kier alpha value is -0.850. The van der Waals surface area contributed by atoms with Gasteiger partial charge >= 0.3 is 0 Å². The smallest absolute Gasteiger partial charge is 0.179 e. The largest absolute Gasteiger partial charge is 0.492 e. The highest BCUT2D eigenvalue weighted by molar-refractivity contribution is 14.1. The van der Waals surface area contributed by atoms with Gasteiger partial charge in [-0.2, -0.15) is 0 Å². The summed E-state index contributed by atoms with van der Waals surface area (Å²) in [6, 6.07) is 1.32. The van der Waals surface area contributed by atoms with E-state index in [1.165, 1.54) is 13.2 Å². The molecule has 0 atom stereocenters. The molecule has 0 heterocycles. The molecule has 0 aromatic heterocycles. The molecule has 0 spiro atoms. The summed E-state index contributed by atoms with van der Waals surface area (Å²) in [5.41, 5.74) is 5.59. The second-order valence-electron chi connectivity index (χ2n) is 2.59. The molecule has 0 fully saturated rings. The number of carbonyl (C=O) groups is 1. The molecule has 0 unspecified atom stereocenters. The molecule has 1 aromatic carbocycles. The summed E-state index contributed by atoms with van der Waals surface area (Å²) in [5.74, 6) is -1.53. The van der Waals surface area contributed by atoms with E-state index in [4.69, 9.17) is 11.8 Å². The minimum absolute atomic E-state index is 0.140. The zero-order valence-electron chi connectivity index (χ0n) is 8.43. The van der Waals surface area contributed by atoms with Crippen LogP contribution in [0.15, 0.2) is 6.07 Å². The summed E-state index contributed by atoms with van der Waals surface area (Å²) in [5, 5.41) is 0. The van der Waals surface area contributed by atoms with Crippen LogP contribution in [0.4, 0.5) is 10.1 Å². The Kier molecular flexibility index (Phi) is 2.85. The van der Waals surface area contributed by atoms with Gasteiger partial charge in [0, 0.05) is 4.94 Å². The quantitative estimate of drug-likeness (QED) is 0.518. The SMILES string of the molecule is [2H]CC(=O)c1cc(I)c(N)c(OC)c1F. The van der Waals surface area contributed by atoms with Crippen molar-refractivity contribution in [2.45, 2.75) is 6.90 Å². The standard InChI is InChI=1S/C9H9FINO2/c1-4(13)5-3-6(11)8(12)9(14-2)7(5)10/h3H,12H2,1-2H3/i1D. The summed E-state index contributed by atoms with van der Waals surface area (Å²) in [6.07, 6.45) is 0. The van der Waals surface area contributed by atoms with E-state index >= 15 is 0 Å². The molecule has 1 aromatic rings. The van der Waals surface area contributed by atoms with Crippen molar-refractivity contribution in [3.63, 3.8) is 0 Å². The topological polar surface area (TPSA) is 52.3 Å². The van der Waals surface area contributed by atoms with Gasteiger partial charge in [-0.15, -0.1) is 0 Å². The number of ether oxygens (including phenoxy) is 1. The molecule has 76 valence electrons. The Balaban J connectivity index is 3.43. The van der Waals surface area contributed by atoms with Crippen LogP contribution >= 0.6 is 22.6 Å². The van der Waals surface area contributed by atoms with E-state index in [0.717, 1.165) is 0 Å². The predicted octanol–water partition coefficient (Wildman–Crippen LogP) is 2.22. The van der Waals surface area contributed by atoms with Crippen LogP contribution in [0.5, 0.6) is 5.75 Å². The third kappa shape index (κ3) is 1.82. The van der Waals surface area contributed by atoms with Crippen LogP contribution in [-0.2, 0) is 0 Å². The number of ketones is 1. The maximum Gasteiger partial charge on any atom is 0.179 e. The highest BCUT2D eigenvalue weighted by Gasteiger charge is 2.18. The maximum absolute atomic E-state index is 13.6. The first kappa shape index (κ1) is 9.70. The molecular weight excluding hydrogens is 300 g/mol. The van der Waals surface area contributed by atoms with Crippen molar-refractivity contribution in [3.8, 4) is 5.75 Å². The lowest BCUT2D eigenvalue weighted by atomic mass is 10.1. The van der Waals surface area contributed by atoms with Crippen LogP contribution in [0.25, 0.3) is 0 Å². The Labute approximate surface area is 96.0 Å². The van der Waals surface area contributed by atoms with Gasteiger partial charge in [-0.3, -0.25) is 4.79 Å². The fourth-order valence-corrected chi connectivity index (χ4v) is 1.58. The van der Waals surface area contributed by atoms with E-state index < -0.39 is 18.5 Å². The van der Waals surface area contributed by atoms with E-state index in [9.17, 15) is 9.18 Å². The highest BCUT2D eigenvalue weighted by atomic mass is 127. The number of nitrogen functional groups attached to an aromatic ring is 1.